The minimum atomic E-state index is -0.541. The number of halogens is 1. The van der Waals surface area contributed by atoms with E-state index in [4.69, 9.17) is 18.9 Å². The van der Waals surface area contributed by atoms with Crippen LogP contribution in [0.1, 0.15) is 35.7 Å². The number of hydrogen-bond acceptors (Lipinski definition) is 7. The standard InChI is InChI=1S/C29H36FN3O6/c1-3-38-29(35)31-23(19-37-17-20-7-5-4-6-8-20)16-33-13-11-21(12-14-33)18-39-28(34)26-24-15-22(30)9-10-25(24)32-27(26)36-2/h4-10,15,21,23,32H,3,11-14,16-19H2,1-2H3,(H,31,35)/t23-/m1/s1. The number of amides is 1. The monoisotopic (exact) mass is 541 g/mol. The molecule has 0 aliphatic carbocycles. The number of likely N-dealkylation sites (tertiary alicyclic amines) is 1. The van der Waals surface area contributed by atoms with Crippen molar-refractivity contribution in [1.29, 1.82) is 0 Å². The van der Waals surface area contributed by atoms with E-state index in [0.717, 1.165) is 31.5 Å². The summed E-state index contributed by atoms with van der Waals surface area (Å²) >= 11 is 0. The number of hydrogen-bond donors (Lipinski definition) is 2. The molecule has 1 aliphatic rings. The third-order valence-corrected chi connectivity index (χ3v) is 6.80. The topological polar surface area (TPSA) is 102 Å². The van der Waals surface area contributed by atoms with Gasteiger partial charge in [0.1, 0.15) is 11.4 Å². The van der Waals surface area contributed by atoms with E-state index in [1.54, 1.807) is 13.0 Å². The molecule has 39 heavy (non-hydrogen) atoms. The van der Waals surface area contributed by atoms with Crippen LogP contribution in [0.5, 0.6) is 5.88 Å². The number of carbonyl (C=O) groups is 2. The predicted octanol–water partition coefficient (Wildman–Crippen LogP) is 4.52. The van der Waals surface area contributed by atoms with Gasteiger partial charge in [0.25, 0.3) is 0 Å². The van der Waals surface area contributed by atoms with Gasteiger partial charge in [-0.1, -0.05) is 30.3 Å². The van der Waals surface area contributed by atoms with Crippen LogP contribution in [0.3, 0.4) is 0 Å². The molecule has 10 heteroatoms. The molecule has 1 aliphatic heterocycles. The summed E-state index contributed by atoms with van der Waals surface area (Å²) in [6.45, 7) is 5.37. The van der Waals surface area contributed by atoms with E-state index in [-0.39, 0.29) is 30.0 Å². The normalized spacial score (nSPS) is 15.2. The quantitative estimate of drug-likeness (QED) is 0.325. The third kappa shape index (κ3) is 7.93. The Hall–Kier alpha value is -3.63. The number of carbonyl (C=O) groups excluding carboxylic acids is 2. The maximum atomic E-state index is 13.8. The molecule has 9 nitrogen and oxygen atoms in total. The molecule has 2 N–H and O–H groups in total. The average Bonchev–Trinajstić information content (AvgIpc) is 3.31. The third-order valence-electron chi connectivity index (χ3n) is 6.80. The van der Waals surface area contributed by atoms with Crippen molar-refractivity contribution in [3.8, 4) is 5.88 Å². The second kappa shape index (κ2) is 14.0. The van der Waals surface area contributed by atoms with E-state index in [1.807, 2.05) is 30.3 Å². The van der Waals surface area contributed by atoms with E-state index in [9.17, 15) is 14.0 Å². The second-order valence-electron chi connectivity index (χ2n) is 9.63. The highest BCUT2D eigenvalue weighted by molar-refractivity contribution is 6.06. The van der Waals surface area contributed by atoms with Crippen molar-refractivity contribution < 1.29 is 32.9 Å². The largest absolute Gasteiger partial charge is 0.482 e. The number of aromatic amines is 1. The fourth-order valence-electron chi connectivity index (χ4n) is 4.78. The number of rotatable bonds is 12. The van der Waals surface area contributed by atoms with Crippen LogP contribution in [0, 0.1) is 11.7 Å². The lowest BCUT2D eigenvalue weighted by atomic mass is 9.97. The van der Waals surface area contributed by atoms with E-state index in [1.165, 1.54) is 19.2 Å². The highest BCUT2D eigenvalue weighted by Gasteiger charge is 2.26. The summed E-state index contributed by atoms with van der Waals surface area (Å²) in [5.74, 6) is -0.527. The molecule has 1 amide bonds. The molecule has 0 bridgehead atoms. The van der Waals surface area contributed by atoms with E-state index in [2.05, 4.69) is 15.2 Å². The van der Waals surface area contributed by atoms with Crippen LogP contribution in [0.4, 0.5) is 9.18 Å². The van der Waals surface area contributed by atoms with Crippen LogP contribution >= 0.6 is 0 Å². The fraction of sp³-hybridized carbons (Fsp3) is 0.448. The van der Waals surface area contributed by atoms with E-state index < -0.39 is 17.9 Å². The zero-order valence-corrected chi connectivity index (χ0v) is 22.4. The Kier molecular flexibility index (Phi) is 10.2. The SMILES string of the molecule is CCOC(=O)N[C@@H](COCc1ccccc1)CN1CCC(COC(=O)c2c(OC)[nH]c3ccc(F)cc23)CC1. The maximum Gasteiger partial charge on any atom is 0.407 e. The van der Waals surface area contributed by atoms with Gasteiger partial charge in [-0.25, -0.2) is 14.0 Å². The Bertz CT molecular complexity index is 1230. The Labute approximate surface area is 227 Å². The number of piperidine rings is 1. The Morgan fingerprint density at radius 1 is 1.13 bits per heavy atom. The molecule has 1 fully saturated rings. The van der Waals surface area contributed by atoms with Gasteiger partial charge >= 0.3 is 12.1 Å². The first-order valence-corrected chi connectivity index (χ1v) is 13.3. The molecule has 2 aromatic carbocycles. The average molecular weight is 542 g/mol. The van der Waals surface area contributed by atoms with Crippen molar-refractivity contribution >= 4 is 23.0 Å². The minimum absolute atomic E-state index is 0.198. The molecule has 3 aromatic rings. The van der Waals surface area contributed by atoms with Crippen molar-refractivity contribution in [1.82, 2.24) is 15.2 Å². The Morgan fingerprint density at radius 2 is 1.90 bits per heavy atom. The lowest BCUT2D eigenvalue weighted by Gasteiger charge is -2.34. The minimum Gasteiger partial charge on any atom is -0.482 e. The number of nitrogens with one attached hydrogen (secondary N) is 2. The summed E-state index contributed by atoms with van der Waals surface area (Å²) in [6, 6.07) is 13.8. The first-order valence-electron chi connectivity index (χ1n) is 13.3. The number of nitrogens with zero attached hydrogens (tertiary/aromatic N) is 1. The lowest BCUT2D eigenvalue weighted by molar-refractivity contribution is 0.0347. The zero-order chi connectivity index (χ0) is 27.6. The number of aromatic nitrogens is 1. The molecule has 1 saturated heterocycles. The van der Waals surface area contributed by atoms with Crippen molar-refractivity contribution in [3.63, 3.8) is 0 Å². The smallest absolute Gasteiger partial charge is 0.407 e. The number of H-pyrrole nitrogens is 1. The number of alkyl carbamates (subject to hydrolysis) is 1. The summed E-state index contributed by atoms with van der Waals surface area (Å²) in [5.41, 5.74) is 1.87. The predicted molar refractivity (Wildman–Crippen MR) is 144 cm³/mol. The van der Waals surface area contributed by atoms with Crippen molar-refractivity contribution in [2.45, 2.75) is 32.4 Å². The van der Waals surface area contributed by atoms with Gasteiger partial charge in [0.15, 0.2) is 0 Å². The van der Waals surface area contributed by atoms with Crippen LogP contribution < -0.4 is 10.1 Å². The highest BCUT2D eigenvalue weighted by Crippen LogP contribution is 2.30. The number of methoxy groups -OCH3 is 1. The lowest BCUT2D eigenvalue weighted by Crippen LogP contribution is -2.48. The molecule has 1 atom stereocenters. The molecule has 0 saturated carbocycles. The summed E-state index contributed by atoms with van der Waals surface area (Å²) in [5, 5.41) is 3.34. The first kappa shape index (κ1) is 28.4. The highest BCUT2D eigenvalue weighted by atomic mass is 19.1. The summed E-state index contributed by atoms with van der Waals surface area (Å²) in [6.07, 6.45) is 1.22. The fourth-order valence-corrected chi connectivity index (χ4v) is 4.78. The second-order valence-corrected chi connectivity index (χ2v) is 9.63. The maximum absolute atomic E-state index is 13.8. The van der Waals surface area contributed by atoms with Gasteiger partial charge in [-0.3, -0.25) is 0 Å². The van der Waals surface area contributed by atoms with Crippen LogP contribution in [-0.2, 0) is 20.8 Å². The Balaban J connectivity index is 1.26. The van der Waals surface area contributed by atoms with Crippen molar-refractivity contribution in [2.24, 2.45) is 5.92 Å². The molecule has 210 valence electrons. The van der Waals surface area contributed by atoms with Gasteiger partial charge < -0.3 is 34.1 Å². The van der Waals surface area contributed by atoms with Gasteiger partial charge in [0.2, 0.25) is 5.88 Å². The first-order chi connectivity index (χ1) is 19.0. The van der Waals surface area contributed by atoms with Gasteiger partial charge in [-0.05, 0) is 62.5 Å². The summed E-state index contributed by atoms with van der Waals surface area (Å²) < 4.78 is 35.7. The Morgan fingerprint density at radius 3 is 2.62 bits per heavy atom. The van der Waals surface area contributed by atoms with Gasteiger partial charge in [0.05, 0.1) is 39.6 Å². The molecular formula is C29H36FN3O6. The number of benzene rings is 2. The van der Waals surface area contributed by atoms with Crippen LogP contribution in [0.2, 0.25) is 0 Å². The van der Waals surface area contributed by atoms with E-state index in [0.29, 0.717) is 37.3 Å². The molecule has 0 radical (unpaired) electrons. The van der Waals surface area contributed by atoms with Crippen LogP contribution in [0.25, 0.3) is 10.9 Å². The number of ether oxygens (including phenoxy) is 4. The zero-order valence-electron chi connectivity index (χ0n) is 22.4. The van der Waals surface area contributed by atoms with Crippen LogP contribution in [0.15, 0.2) is 48.5 Å². The molecule has 2 heterocycles. The molecule has 4 rings (SSSR count). The summed E-state index contributed by atoms with van der Waals surface area (Å²) in [4.78, 5) is 30.2. The number of esters is 1. The molecule has 1 aromatic heterocycles. The van der Waals surface area contributed by atoms with Gasteiger partial charge in [0, 0.05) is 17.4 Å². The van der Waals surface area contributed by atoms with Gasteiger partial charge in [-0.2, -0.15) is 0 Å². The number of fused-ring (bicyclic) bond motifs is 1. The van der Waals surface area contributed by atoms with Crippen LogP contribution in [-0.4, -0.2) is 74.6 Å². The molecule has 0 unspecified atom stereocenters. The van der Waals surface area contributed by atoms with Crippen molar-refractivity contribution in [3.05, 3.63) is 65.5 Å². The molecular weight excluding hydrogens is 505 g/mol. The van der Waals surface area contributed by atoms with E-state index >= 15 is 0 Å². The summed E-state index contributed by atoms with van der Waals surface area (Å²) in [7, 11) is 1.45. The van der Waals surface area contributed by atoms with Crippen molar-refractivity contribution in [2.75, 3.05) is 46.6 Å². The van der Waals surface area contributed by atoms with Gasteiger partial charge in [-0.15, -0.1) is 0 Å². The molecule has 0 spiro atoms.